The summed E-state index contributed by atoms with van der Waals surface area (Å²) in [4.78, 5) is 22.8. The van der Waals surface area contributed by atoms with Crippen molar-refractivity contribution in [3.63, 3.8) is 0 Å². The van der Waals surface area contributed by atoms with Crippen LogP contribution in [0.3, 0.4) is 0 Å². The molecule has 4 aromatic carbocycles. The van der Waals surface area contributed by atoms with E-state index in [1.165, 1.54) is 24.3 Å². The lowest BCUT2D eigenvalue weighted by atomic mass is 9.85. The number of anilines is 1. The lowest BCUT2D eigenvalue weighted by Gasteiger charge is -2.22. The zero-order chi connectivity index (χ0) is 24.9. The normalized spacial score (nSPS) is 12.4. The first-order valence-electron chi connectivity index (χ1n) is 11.2. The molecule has 176 valence electrons. The number of carbonyl (C=O) groups is 1. The van der Waals surface area contributed by atoms with E-state index >= 15 is 0 Å². The van der Waals surface area contributed by atoms with Gasteiger partial charge in [0.2, 0.25) is 0 Å². The summed E-state index contributed by atoms with van der Waals surface area (Å²) in [6.45, 7) is 0.553. The number of nitrogens with zero attached hydrogens (tertiary/aromatic N) is 2. The van der Waals surface area contributed by atoms with Gasteiger partial charge >= 0.3 is 0 Å². The first-order chi connectivity index (χ1) is 17.4. The zero-order valence-electron chi connectivity index (χ0n) is 18.8. The number of hydrogen-bond donors (Lipinski definition) is 1. The second-order valence-electron chi connectivity index (χ2n) is 8.47. The average molecular weight is 493 g/mol. The second-order valence-corrected chi connectivity index (χ2v) is 9.85. The maximum absolute atomic E-state index is 13.6. The Labute approximate surface area is 207 Å². The van der Waals surface area contributed by atoms with Crippen molar-refractivity contribution >= 4 is 32.5 Å². The number of rotatable bonds is 5. The van der Waals surface area contributed by atoms with E-state index in [9.17, 15) is 17.8 Å². The van der Waals surface area contributed by atoms with E-state index in [4.69, 9.17) is 4.98 Å². The topological polar surface area (TPSA) is 112 Å². The molecule has 0 amide bonds. The largest absolute Gasteiger partial charge is 0.744 e. The van der Waals surface area contributed by atoms with Crippen molar-refractivity contribution in [2.24, 2.45) is 0 Å². The van der Waals surface area contributed by atoms with Gasteiger partial charge in [0, 0.05) is 34.3 Å². The van der Waals surface area contributed by atoms with Crippen molar-refractivity contribution in [1.29, 1.82) is 0 Å². The highest BCUT2D eigenvalue weighted by Gasteiger charge is 2.29. The van der Waals surface area contributed by atoms with Crippen LogP contribution in [-0.4, -0.2) is 28.7 Å². The van der Waals surface area contributed by atoms with Crippen molar-refractivity contribution in [1.82, 2.24) is 9.97 Å². The molecule has 1 aromatic heterocycles. The number of benzene rings is 4. The van der Waals surface area contributed by atoms with Crippen LogP contribution >= 0.6 is 0 Å². The number of aromatic nitrogens is 2. The summed E-state index contributed by atoms with van der Waals surface area (Å²) in [5, 5.41) is 4.06. The molecule has 0 saturated heterocycles. The molecule has 36 heavy (non-hydrogen) atoms. The molecule has 0 unspecified atom stereocenters. The molecule has 5 aromatic rings. The van der Waals surface area contributed by atoms with Gasteiger partial charge in [0.1, 0.15) is 10.1 Å². The molecular weight excluding hydrogens is 474 g/mol. The first kappa shape index (κ1) is 22.1. The third kappa shape index (κ3) is 3.73. The fourth-order valence-electron chi connectivity index (χ4n) is 4.52. The predicted octanol–water partition coefficient (Wildman–Crippen LogP) is 5.02. The third-order valence-corrected chi connectivity index (χ3v) is 7.09. The molecule has 1 aliphatic rings. The molecule has 1 N–H and O–H groups in total. The SMILES string of the molecule is O=C1c2ccccc2-c2nc(-c3ccc(S(=O)(=O)[O-])cc3)nc3ccc(NCc4ccccc4)c1c23. The van der Waals surface area contributed by atoms with Gasteiger partial charge < -0.3 is 9.87 Å². The van der Waals surface area contributed by atoms with Gasteiger partial charge in [-0.3, -0.25) is 4.79 Å². The molecule has 8 heteroatoms. The molecule has 0 radical (unpaired) electrons. The Balaban J connectivity index is 1.53. The maximum Gasteiger partial charge on any atom is 0.196 e. The minimum absolute atomic E-state index is 0.0967. The molecule has 6 rings (SSSR count). The Hall–Kier alpha value is -4.40. The van der Waals surface area contributed by atoms with E-state index in [2.05, 4.69) is 10.3 Å². The van der Waals surface area contributed by atoms with Gasteiger partial charge in [-0.15, -0.1) is 0 Å². The zero-order valence-corrected chi connectivity index (χ0v) is 19.6. The standard InChI is InChI=1S/C28H19N3O4S/c32-27-21-9-5-4-8-20(21)26-24-23(15-14-22(25(24)27)29-16-17-6-2-1-3-7-17)30-28(31-26)18-10-12-19(13-11-18)36(33,34)35/h1-15,29H,16H2,(H,33,34,35)/p-1. The maximum atomic E-state index is 13.6. The average Bonchev–Trinajstić information content (AvgIpc) is 2.90. The smallest absolute Gasteiger partial charge is 0.196 e. The van der Waals surface area contributed by atoms with E-state index in [1.54, 1.807) is 6.07 Å². The lowest BCUT2D eigenvalue weighted by Crippen LogP contribution is -2.15. The quantitative estimate of drug-likeness (QED) is 0.336. The van der Waals surface area contributed by atoms with Gasteiger partial charge in [0.05, 0.1) is 21.7 Å². The number of hydrogen-bond acceptors (Lipinski definition) is 7. The van der Waals surface area contributed by atoms with E-state index in [1.807, 2.05) is 60.7 Å². The fourth-order valence-corrected chi connectivity index (χ4v) is 4.99. The Kier molecular flexibility index (Phi) is 5.13. The van der Waals surface area contributed by atoms with Crippen LogP contribution in [0.4, 0.5) is 5.69 Å². The molecule has 1 aliphatic carbocycles. The van der Waals surface area contributed by atoms with Crippen LogP contribution in [0.1, 0.15) is 21.5 Å². The third-order valence-electron chi connectivity index (χ3n) is 6.25. The molecule has 0 saturated carbocycles. The molecule has 0 atom stereocenters. The fraction of sp³-hybridized carbons (Fsp3) is 0.0357. The van der Waals surface area contributed by atoms with Crippen molar-refractivity contribution in [3.05, 3.63) is 108 Å². The van der Waals surface area contributed by atoms with Crippen LogP contribution in [0, 0.1) is 0 Å². The Morgan fingerprint density at radius 3 is 2.19 bits per heavy atom. The minimum Gasteiger partial charge on any atom is -0.744 e. The van der Waals surface area contributed by atoms with Crippen LogP contribution < -0.4 is 5.32 Å². The molecule has 0 bridgehead atoms. The van der Waals surface area contributed by atoms with Gasteiger partial charge in [-0.05, 0) is 42.0 Å². The van der Waals surface area contributed by atoms with Crippen molar-refractivity contribution in [3.8, 4) is 22.6 Å². The highest BCUT2D eigenvalue weighted by atomic mass is 32.2. The molecular formula is C28H18N3O4S-. The van der Waals surface area contributed by atoms with Gasteiger partial charge in [-0.25, -0.2) is 18.4 Å². The predicted molar refractivity (Wildman–Crippen MR) is 136 cm³/mol. The summed E-state index contributed by atoms with van der Waals surface area (Å²) in [6, 6.07) is 26.5. The lowest BCUT2D eigenvalue weighted by molar-refractivity contribution is 0.104. The van der Waals surface area contributed by atoms with Crippen LogP contribution in [-0.2, 0) is 16.7 Å². The second kappa shape index (κ2) is 8.37. The summed E-state index contributed by atoms with van der Waals surface area (Å²) in [5.74, 6) is 0.271. The summed E-state index contributed by atoms with van der Waals surface area (Å²) in [7, 11) is -4.56. The summed E-state index contributed by atoms with van der Waals surface area (Å²) < 4.78 is 34.0. The number of nitrogens with one attached hydrogen (secondary N) is 1. The minimum atomic E-state index is -4.56. The van der Waals surface area contributed by atoms with Crippen molar-refractivity contribution in [2.75, 3.05) is 5.32 Å². The van der Waals surface area contributed by atoms with Crippen LogP contribution in [0.15, 0.2) is 95.9 Å². The van der Waals surface area contributed by atoms with Gasteiger partial charge in [0.25, 0.3) is 0 Å². The Bertz CT molecular complexity index is 1770. The van der Waals surface area contributed by atoms with Crippen molar-refractivity contribution in [2.45, 2.75) is 11.4 Å². The van der Waals surface area contributed by atoms with Crippen LogP contribution in [0.25, 0.3) is 33.5 Å². The monoisotopic (exact) mass is 492 g/mol. The molecule has 0 fully saturated rings. The first-order valence-corrected chi connectivity index (χ1v) is 12.6. The number of ketones is 1. The van der Waals surface area contributed by atoms with Gasteiger partial charge in [-0.2, -0.15) is 0 Å². The highest BCUT2D eigenvalue weighted by Crippen LogP contribution is 2.41. The van der Waals surface area contributed by atoms with Crippen LogP contribution in [0.5, 0.6) is 0 Å². The molecule has 0 aliphatic heterocycles. The highest BCUT2D eigenvalue weighted by molar-refractivity contribution is 7.85. The van der Waals surface area contributed by atoms with E-state index < -0.39 is 10.1 Å². The molecule has 7 nitrogen and oxygen atoms in total. The van der Waals surface area contributed by atoms with E-state index in [-0.39, 0.29) is 10.7 Å². The van der Waals surface area contributed by atoms with Crippen molar-refractivity contribution < 1.29 is 17.8 Å². The summed E-state index contributed by atoms with van der Waals surface area (Å²) >= 11 is 0. The van der Waals surface area contributed by atoms with Gasteiger partial charge in [-0.1, -0.05) is 54.6 Å². The van der Waals surface area contributed by atoms with E-state index in [0.717, 1.165) is 5.56 Å². The summed E-state index contributed by atoms with van der Waals surface area (Å²) in [6.07, 6.45) is 0. The Morgan fingerprint density at radius 1 is 0.778 bits per heavy atom. The Morgan fingerprint density at radius 2 is 1.47 bits per heavy atom. The number of fused-ring (bicyclic) bond motifs is 2. The van der Waals surface area contributed by atoms with Gasteiger partial charge in [0.15, 0.2) is 11.6 Å². The molecule has 0 spiro atoms. The van der Waals surface area contributed by atoms with Crippen LogP contribution in [0.2, 0.25) is 0 Å². The summed E-state index contributed by atoms with van der Waals surface area (Å²) in [5.41, 5.74) is 5.36. The number of carbonyl (C=O) groups excluding carboxylic acids is 1. The van der Waals surface area contributed by atoms with E-state index in [0.29, 0.717) is 56.9 Å². The molecule has 1 heterocycles.